The van der Waals surface area contributed by atoms with Gasteiger partial charge >= 0.3 is 11.9 Å². The molecule has 1 aromatic carbocycles. The monoisotopic (exact) mass is 466 g/mol. The molecule has 0 amide bonds. The molecule has 2 heterocycles. The van der Waals surface area contributed by atoms with Crippen LogP contribution in [0.15, 0.2) is 30.3 Å². The molecule has 4 bridgehead atoms. The summed E-state index contributed by atoms with van der Waals surface area (Å²) in [5.74, 6) is -1.97. The van der Waals surface area contributed by atoms with E-state index in [9.17, 15) is 35.1 Å². The third-order valence-corrected chi connectivity index (χ3v) is 7.58. The van der Waals surface area contributed by atoms with Gasteiger partial charge in [0.2, 0.25) is 0 Å². The highest BCUT2D eigenvalue weighted by Crippen LogP contribution is 2.69. The van der Waals surface area contributed by atoms with E-state index >= 15 is 0 Å². The van der Waals surface area contributed by atoms with Crippen LogP contribution in [0.4, 0.5) is 0 Å². The zero-order valence-corrected chi connectivity index (χ0v) is 17.5. The number of hydrogen-bond donors (Lipinski definition) is 5. The maximum absolute atomic E-state index is 13.0. The molecule has 33 heavy (non-hydrogen) atoms. The molecule has 1 aromatic rings. The predicted molar refractivity (Wildman–Crippen MR) is 105 cm³/mol. The first-order valence-corrected chi connectivity index (χ1v) is 10.8. The normalized spacial score (nSPS) is 45.8. The van der Waals surface area contributed by atoms with Crippen LogP contribution < -0.4 is 0 Å². The predicted octanol–water partition coefficient (Wildman–Crippen LogP) is -1.90. The molecule has 3 aliphatic carbocycles. The van der Waals surface area contributed by atoms with Gasteiger partial charge in [0.1, 0.15) is 48.1 Å². The van der Waals surface area contributed by atoms with Gasteiger partial charge in [0, 0.05) is 12.3 Å². The molecule has 11 heteroatoms. The average Bonchev–Trinajstić information content (AvgIpc) is 2.90. The van der Waals surface area contributed by atoms with Crippen LogP contribution in [0.25, 0.3) is 0 Å². The van der Waals surface area contributed by atoms with Crippen molar-refractivity contribution in [2.75, 3.05) is 13.2 Å². The lowest BCUT2D eigenvalue weighted by Gasteiger charge is -2.63. The Hall–Kier alpha value is -2.12. The Morgan fingerprint density at radius 3 is 2.52 bits per heavy atom. The molecule has 0 spiro atoms. The summed E-state index contributed by atoms with van der Waals surface area (Å²) in [6.07, 6.45) is -9.14. The summed E-state index contributed by atoms with van der Waals surface area (Å²) in [5, 5.41) is 50.6. The lowest BCUT2D eigenvalue weighted by Crippen LogP contribution is -2.77. The van der Waals surface area contributed by atoms with Gasteiger partial charge in [-0.1, -0.05) is 18.2 Å². The van der Waals surface area contributed by atoms with Crippen LogP contribution in [-0.2, 0) is 23.7 Å². The van der Waals surface area contributed by atoms with Gasteiger partial charge in [0.25, 0.3) is 0 Å². The van der Waals surface area contributed by atoms with Gasteiger partial charge in [-0.3, -0.25) is 4.79 Å². The Kier molecular flexibility index (Phi) is 5.48. The molecule has 6 rings (SSSR count). The molecule has 3 saturated carbocycles. The first-order valence-electron chi connectivity index (χ1n) is 10.8. The number of fused-ring (bicyclic) bond motifs is 1. The van der Waals surface area contributed by atoms with Crippen molar-refractivity contribution in [2.24, 2.45) is 11.3 Å². The first-order chi connectivity index (χ1) is 15.7. The van der Waals surface area contributed by atoms with Crippen molar-refractivity contribution in [1.82, 2.24) is 0 Å². The van der Waals surface area contributed by atoms with E-state index in [1.807, 2.05) is 0 Å². The van der Waals surface area contributed by atoms with Crippen LogP contribution in [0.1, 0.15) is 23.2 Å². The van der Waals surface area contributed by atoms with E-state index in [0.29, 0.717) is 0 Å². The Balaban J connectivity index is 1.42. The molecule has 5 fully saturated rings. The molecule has 5 N–H and O–H groups in total. The second-order valence-corrected chi connectivity index (χ2v) is 9.13. The Labute approximate surface area is 188 Å². The number of hydrogen-bond acceptors (Lipinski definition) is 11. The van der Waals surface area contributed by atoms with E-state index in [1.54, 1.807) is 30.3 Å². The lowest BCUT2D eigenvalue weighted by molar-refractivity contribution is -0.381. The quantitative estimate of drug-likeness (QED) is 0.296. The highest BCUT2D eigenvalue weighted by atomic mass is 16.7. The smallest absolute Gasteiger partial charge is 0.338 e. The SMILES string of the molecule is O=C(OCC12C(=O)OC3CC(O)C1CC32OC1OC(CO)C(O)C(O)C1O)c1ccccc1. The van der Waals surface area contributed by atoms with Crippen LogP contribution in [0.3, 0.4) is 0 Å². The van der Waals surface area contributed by atoms with E-state index in [0.717, 1.165) is 0 Å². The van der Waals surface area contributed by atoms with Crippen molar-refractivity contribution >= 4 is 11.9 Å². The number of aliphatic hydroxyl groups is 5. The molecule has 2 saturated heterocycles. The molecule has 2 aliphatic heterocycles. The lowest BCUT2D eigenvalue weighted by atomic mass is 9.44. The fourth-order valence-electron chi connectivity index (χ4n) is 5.75. The largest absolute Gasteiger partial charge is 0.461 e. The number of carbonyl (C=O) groups is 2. The zero-order chi connectivity index (χ0) is 23.5. The molecule has 11 nitrogen and oxygen atoms in total. The fraction of sp³-hybridized carbons (Fsp3) is 0.636. The molecule has 10 atom stereocenters. The van der Waals surface area contributed by atoms with Gasteiger partial charge in [-0.2, -0.15) is 0 Å². The van der Waals surface area contributed by atoms with Crippen molar-refractivity contribution in [1.29, 1.82) is 0 Å². The second-order valence-electron chi connectivity index (χ2n) is 9.13. The van der Waals surface area contributed by atoms with Crippen molar-refractivity contribution < 1.29 is 54.1 Å². The minimum absolute atomic E-state index is 0.0855. The Bertz CT molecular complexity index is 922. The topological polar surface area (TPSA) is 172 Å². The molecule has 0 radical (unpaired) electrons. The Morgan fingerprint density at radius 2 is 1.82 bits per heavy atom. The van der Waals surface area contributed by atoms with Gasteiger partial charge < -0.3 is 44.5 Å². The summed E-state index contributed by atoms with van der Waals surface area (Å²) in [7, 11) is 0. The fourth-order valence-corrected chi connectivity index (χ4v) is 5.75. The minimum Gasteiger partial charge on any atom is -0.461 e. The van der Waals surface area contributed by atoms with Crippen LogP contribution in [0.5, 0.6) is 0 Å². The summed E-state index contributed by atoms with van der Waals surface area (Å²) in [4.78, 5) is 25.6. The summed E-state index contributed by atoms with van der Waals surface area (Å²) >= 11 is 0. The number of esters is 2. The number of benzene rings is 1. The van der Waals surface area contributed by atoms with Crippen LogP contribution in [0, 0.1) is 11.3 Å². The van der Waals surface area contributed by atoms with E-state index in [-0.39, 0.29) is 18.4 Å². The summed E-state index contributed by atoms with van der Waals surface area (Å²) in [5.41, 5.74) is -2.64. The maximum atomic E-state index is 13.0. The summed E-state index contributed by atoms with van der Waals surface area (Å²) in [6.45, 7) is -1.06. The van der Waals surface area contributed by atoms with E-state index in [4.69, 9.17) is 18.9 Å². The standard InChI is InChI=1S/C22H26O11/c23-8-13-15(25)16(26)17(27)19(31-13)33-22-7-11-12(24)6-14(22)32-20(29)21(11,22)9-30-18(28)10-4-2-1-3-5-10/h1-5,11-17,19,23-27H,6-9H2. The molecule has 180 valence electrons. The first kappa shape index (κ1) is 22.7. The number of rotatable bonds is 6. The molecule has 0 aromatic heterocycles. The van der Waals surface area contributed by atoms with E-state index in [2.05, 4.69) is 0 Å². The third kappa shape index (κ3) is 3.08. The highest BCUT2D eigenvalue weighted by Gasteiger charge is 2.84. The third-order valence-electron chi connectivity index (χ3n) is 7.58. The van der Waals surface area contributed by atoms with Gasteiger partial charge in [-0.25, -0.2) is 4.79 Å². The molecular formula is C22H26O11. The van der Waals surface area contributed by atoms with Crippen molar-refractivity contribution in [3.05, 3.63) is 35.9 Å². The molecule has 10 unspecified atom stereocenters. The van der Waals surface area contributed by atoms with Crippen molar-refractivity contribution in [3.8, 4) is 0 Å². The summed E-state index contributed by atoms with van der Waals surface area (Å²) < 4.78 is 22.6. The molecule has 5 aliphatic rings. The van der Waals surface area contributed by atoms with Crippen LogP contribution >= 0.6 is 0 Å². The molecular weight excluding hydrogens is 440 g/mol. The van der Waals surface area contributed by atoms with Gasteiger partial charge in [-0.15, -0.1) is 0 Å². The van der Waals surface area contributed by atoms with Gasteiger partial charge in [0.15, 0.2) is 6.29 Å². The Morgan fingerprint density at radius 1 is 1.09 bits per heavy atom. The van der Waals surface area contributed by atoms with Crippen LogP contribution in [-0.4, -0.2) is 99.2 Å². The second kappa shape index (κ2) is 7.98. The van der Waals surface area contributed by atoms with Crippen LogP contribution in [0.2, 0.25) is 0 Å². The van der Waals surface area contributed by atoms with E-state index in [1.165, 1.54) is 0 Å². The zero-order valence-electron chi connectivity index (χ0n) is 17.5. The van der Waals surface area contributed by atoms with Gasteiger partial charge in [-0.05, 0) is 18.6 Å². The highest BCUT2D eigenvalue weighted by molar-refractivity contribution is 5.90. The minimum atomic E-state index is -1.68. The maximum Gasteiger partial charge on any atom is 0.338 e. The number of aliphatic hydroxyl groups excluding tert-OH is 5. The summed E-state index contributed by atoms with van der Waals surface area (Å²) in [6, 6.07) is 8.20. The van der Waals surface area contributed by atoms with E-state index < -0.39 is 85.0 Å². The van der Waals surface area contributed by atoms with Crippen molar-refractivity contribution in [3.63, 3.8) is 0 Å². The van der Waals surface area contributed by atoms with Crippen molar-refractivity contribution in [2.45, 2.75) is 61.4 Å². The number of ether oxygens (including phenoxy) is 4. The van der Waals surface area contributed by atoms with Gasteiger partial charge in [0.05, 0.1) is 18.3 Å². The average molecular weight is 466 g/mol. The number of carbonyl (C=O) groups excluding carboxylic acids is 2.